The summed E-state index contributed by atoms with van der Waals surface area (Å²) >= 11 is 0. The fourth-order valence-electron chi connectivity index (χ4n) is 10.9. The Kier molecular flexibility index (Phi) is 6.47. The quantitative estimate of drug-likeness (QED) is 0.176. The van der Waals surface area contributed by atoms with Crippen LogP contribution in [0.5, 0.6) is 0 Å². The van der Waals surface area contributed by atoms with E-state index in [1.807, 2.05) is 72.8 Å². The SMILES string of the molecule is c1ccc2c(c1)oc1ccc3oc4ccc(-c5cc(-c6ccc7oc8ccc9oc%10ccccc%10c9c8c7c6)cc(-c6ccc7oc8ccc9oc%10ccccc%10c9c8c7c6)c5)cc4c3c12. The van der Waals surface area contributed by atoms with E-state index in [1.165, 1.54) is 0 Å². The molecule has 0 spiro atoms. The molecule has 16 rings (SSSR count). The molecule has 0 saturated carbocycles. The molecule has 0 aliphatic carbocycles. The fourth-order valence-corrected chi connectivity index (χ4v) is 10.9. The van der Waals surface area contributed by atoms with Gasteiger partial charge in [0.05, 0.1) is 0 Å². The molecule has 0 amide bonds. The molecule has 0 bridgehead atoms. The molecule has 0 unspecified atom stereocenters. The highest BCUT2D eigenvalue weighted by atomic mass is 16.4. The standard InChI is InChI=1S/C60H30O6/c1-4-10-43-37(7-1)55-49(61-43)19-22-52-58(55)40-28-31(13-16-46(40)64-52)34-25-35(32-14-17-47-41(29-32)59-53(65-47)23-20-50-56(59)38-8-2-5-11-44(38)62-50)27-36(26-34)33-15-18-48-42(30-33)60-54(66-48)24-21-51-57(60)39-9-3-6-12-45(39)63-51/h1-30H. The van der Waals surface area contributed by atoms with Crippen LogP contribution in [0, 0.1) is 0 Å². The molecular formula is C60H30O6. The molecule has 0 atom stereocenters. The van der Waals surface area contributed by atoms with E-state index in [4.69, 9.17) is 26.5 Å². The lowest BCUT2D eigenvalue weighted by Gasteiger charge is -2.12. The van der Waals surface area contributed by atoms with Crippen LogP contribution in [0.3, 0.4) is 0 Å². The summed E-state index contributed by atoms with van der Waals surface area (Å²) in [5.74, 6) is 0. The van der Waals surface area contributed by atoms with Gasteiger partial charge in [-0.05, 0) is 143 Å². The average Bonchev–Trinajstić information content (AvgIpc) is 4.22. The molecule has 0 radical (unpaired) electrons. The zero-order valence-electron chi connectivity index (χ0n) is 34.8. The number of benzene rings is 10. The molecule has 10 aromatic carbocycles. The second kappa shape index (κ2) is 12.4. The predicted octanol–water partition coefficient (Wildman–Crippen LogP) is 18.1. The third-order valence-electron chi connectivity index (χ3n) is 13.9. The molecule has 0 N–H and O–H groups in total. The van der Waals surface area contributed by atoms with Crippen LogP contribution >= 0.6 is 0 Å². The Labute approximate surface area is 372 Å². The maximum absolute atomic E-state index is 6.52. The van der Waals surface area contributed by atoms with Gasteiger partial charge in [-0.25, -0.2) is 0 Å². The Morgan fingerprint density at radius 3 is 0.682 bits per heavy atom. The van der Waals surface area contributed by atoms with Gasteiger partial charge in [0.1, 0.15) is 67.0 Å². The van der Waals surface area contributed by atoms with Crippen molar-refractivity contribution in [2.75, 3.05) is 0 Å². The zero-order chi connectivity index (χ0) is 42.8. The minimum absolute atomic E-state index is 0.827. The van der Waals surface area contributed by atoms with Crippen LogP contribution < -0.4 is 0 Å². The first-order chi connectivity index (χ1) is 32.6. The summed E-state index contributed by atoms with van der Waals surface area (Å²) in [4.78, 5) is 0. The van der Waals surface area contributed by atoms with Crippen LogP contribution in [0.4, 0.5) is 0 Å². The van der Waals surface area contributed by atoms with Gasteiger partial charge in [-0.2, -0.15) is 0 Å². The van der Waals surface area contributed by atoms with Gasteiger partial charge in [-0.15, -0.1) is 0 Å². The molecule has 0 aliphatic rings. The van der Waals surface area contributed by atoms with Crippen LogP contribution in [0.1, 0.15) is 0 Å². The first kappa shape index (κ1) is 34.5. The number of furan rings is 6. The number of hydrogen-bond acceptors (Lipinski definition) is 6. The Bertz CT molecular complexity index is 4280. The zero-order valence-corrected chi connectivity index (χ0v) is 34.8. The van der Waals surface area contributed by atoms with E-state index in [0.29, 0.717) is 0 Å². The second-order valence-corrected chi connectivity index (χ2v) is 17.5. The summed E-state index contributed by atoms with van der Waals surface area (Å²) < 4.78 is 38.6. The molecule has 6 heterocycles. The van der Waals surface area contributed by atoms with E-state index < -0.39 is 0 Å². The van der Waals surface area contributed by atoms with Crippen molar-refractivity contribution in [1.29, 1.82) is 0 Å². The van der Waals surface area contributed by atoms with E-state index >= 15 is 0 Å². The topological polar surface area (TPSA) is 78.8 Å². The fraction of sp³-hybridized carbons (Fsp3) is 0. The Balaban J connectivity index is 0.954. The summed E-state index contributed by atoms with van der Waals surface area (Å²) in [5, 5.41) is 12.7. The van der Waals surface area contributed by atoms with Crippen molar-refractivity contribution in [2.24, 2.45) is 0 Å². The lowest BCUT2D eigenvalue weighted by Crippen LogP contribution is -1.87. The lowest BCUT2D eigenvalue weighted by molar-refractivity contribution is 0.663. The molecular weight excluding hydrogens is 817 g/mol. The molecule has 16 aromatic rings. The van der Waals surface area contributed by atoms with Crippen molar-refractivity contribution in [2.45, 2.75) is 0 Å². The molecule has 306 valence electrons. The lowest BCUT2D eigenvalue weighted by atomic mass is 9.91. The van der Waals surface area contributed by atoms with Gasteiger partial charge < -0.3 is 26.5 Å². The molecule has 6 heteroatoms. The van der Waals surface area contributed by atoms with Crippen molar-refractivity contribution in [3.05, 3.63) is 182 Å². The van der Waals surface area contributed by atoms with E-state index in [1.54, 1.807) is 0 Å². The average molecular weight is 847 g/mol. The maximum atomic E-state index is 6.52. The monoisotopic (exact) mass is 846 g/mol. The van der Waals surface area contributed by atoms with Crippen molar-refractivity contribution in [3.63, 3.8) is 0 Å². The summed E-state index contributed by atoms with van der Waals surface area (Å²) in [6.45, 7) is 0. The molecule has 0 aliphatic heterocycles. The van der Waals surface area contributed by atoms with Crippen LogP contribution in [-0.4, -0.2) is 0 Å². The highest BCUT2D eigenvalue weighted by Crippen LogP contribution is 2.46. The van der Waals surface area contributed by atoms with Gasteiger partial charge in [-0.3, -0.25) is 0 Å². The first-order valence-corrected chi connectivity index (χ1v) is 22.1. The van der Waals surface area contributed by atoms with Crippen molar-refractivity contribution >= 4 is 132 Å². The van der Waals surface area contributed by atoms with Gasteiger partial charge in [-0.1, -0.05) is 72.8 Å². The highest BCUT2D eigenvalue weighted by molar-refractivity contribution is 6.28. The summed E-state index contributed by atoms with van der Waals surface area (Å²) in [5.41, 5.74) is 16.5. The van der Waals surface area contributed by atoms with Crippen molar-refractivity contribution < 1.29 is 26.5 Å². The first-order valence-electron chi connectivity index (χ1n) is 22.1. The van der Waals surface area contributed by atoms with E-state index in [0.717, 1.165) is 165 Å². The summed E-state index contributed by atoms with van der Waals surface area (Å²) in [6.07, 6.45) is 0. The number of fused-ring (bicyclic) bond motifs is 21. The van der Waals surface area contributed by atoms with Crippen LogP contribution in [0.25, 0.3) is 165 Å². The highest BCUT2D eigenvalue weighted by Gasteiger charge is 2.21. The maximum Gasteiger partial charge on any atom is 0.136 e. The Morgan fingerprint density at radius 1 is 0.167 bits per heavy atom. The Hall–Kier alpha value is -9.00. The smallest absolute Gasteiger partial charge is 0.136 e. The van der Waals surface area contributed by atoms with E-state index in [2.05, 4.69) is 109 Å². The largest absolute Gasteiger partial charge is 0.456 e. The van der Waals surface area contributed by atoms with Gasteiger partial charge in [0.2, 0.25) is 0 Å². The molecule has 0 saturated heterocycles. The van der Waals surface area contributed by atoms with E-state index in [-0.39, 0.29) is 0 Å². The van der Waals surface area contributed by atoms with E-state index in [9.17, 15) is 0 Å². The molecule has 6 aromatic heterocycles. The summed E-state index contributed by atoms with van der Waals surface area (Å²) in [7, 11) is 0. The van der Waals surface area contributed by atoms with Gasteiger partial charge in [0.25, 0.3) is 0 Å². The minimum atomic E-state index is 0.827. The second-order valence-electron chi connectivity index (χ2n) is 17.5. The Morgan fingerprint density at radius 2 is 0.394 bits per heavy atom. The van der Waals surface area contributed by atoms with Crippen LogP contribution in [0.15, 0.2) is 208 Å². The molecule has 6 nitrogen and oxygen atoms in total. The number of hydrogen-bond donors (Lipinski definition) is 0. The number of para-hydroxylation sites is 3. The van der Waals surface area contributed by atoms with Crippen LogP contribution in [-0.2, 0) is 0 Å². The summed E-state index contributed by atoms with van der Waals surface area (Å²) in [6, 6.07) is 63.2. The molecule has 66 heavy (non-hydrogen) atoms. The molecule has 0 fully saturated rings. The van der Waals surface area contributed by atoms with Gasteiger partial charge >= 0.3 is 0 Å². The third-order valence-corrected chi connectivity index (χ3v) is 13.9. The minimum Gasteiger partial charge on any atom is -0.456 e. The van der Waals surface area contributed by atoms with Crippen molar-refractivity contribution in [3.8, 4) is 33.4 Å². The van der Waals surface area contributed by atoms with Crippen LogP contribution in [0.2, 0.25) is 0 Å². The van der Waals surface area contributed by atoms with Gasteiger partial charge in [0, 0.05) is 64.6 Å². The van der Waals surface area contributed by atoms with Crippen molar-refractivity contribution in [1.82, 2.24) is 0 Å². The number of rotatable bonds is 3. The normalized spacial score (nSPS) is 12.5. The van der Waals surface area contributed by atoms with Gasteiger partial charge in [0.15, 0.2) is 0 Å². The third kappa shape index (κ3) is 4.64. The predicted molar refractivity (Wildman–Crippen MR) is 266 cm³/mol.